The molecule has 2 aliphatic rings. The molecule has 13 rings (SSSR count). The molecule has 0 fully saturated rings. The van der Waals surface area contributed by atoms with Crippen molar-refractivity contribution >= 4 is 62.0 Å². The van der Waals surface area contributed by atoms with Crippen LogP contribution in [0.3, 0.4) is 0 Å². The third-order valence-electron chi connectivity index (χ3n) is 17.5. The quantitative estimate of drug-likeness (QED) is 0.156. The molecule has 11 aromatic rings. The number of nitrogens with zero attached hydrogens (tertiary/aromatic N) is 4. The van der Waals surface area contributed by atoms with Gasteiger partial charge in [0.2, 0.25) is 0 Å². The van der Waals surface area contributed by atoms with Crippen LogP contribution in [0.15, 0.2) is 200 Å². The molecule has 0 bridgehead atoms. The van der Waals surface area contributed by atoms with Crippen LogP contribution in [0.2, 0.25) is 0 Å². The number of aromatic nitrogens is 1. The maximum Gasteiger partial charge on any atom is 0.256 e. The first-order valence-corrected chi connectivity index (χ1v) is 29.5. The number of hydrogen-bond acceptors (Lipinski definition) is 4. The molecule has 0 saturated heterocycles. The van der Waals surface area contributed by atoms with Gasteiger partial charge in [-0.3, -0.25) is 0 Å². The molecule has 2 aliphatic heterocycles. The number of benzene rings is 10. The summed E-state index contributed by atoms with van der Waals surface area (Å²) in [4.78, 5) is 2.38. The minimum atomic E-state index is -0.458. The Bertz CT molecular complexity index is 4410. The van der Waals surface area contributed by atoms with E-state index in [4.69, 9.17) is 4.74 Å². The zero-order valence-electron chi connectivity index (χ0n) is 50.3. The molecule has 0 amide bonds. The molecular weight excluding hydrogens is 1020 g/mol. The number of rotatable bonds is 6. The molecule has 0 saturated carbocycles. The van der Waals surface area contributed by atoms with Crippen molar-refractivity contribution in [1.29, 1.82) is 10.5 Å². The van der Waals surface area contributed by atoms with Gasteiger partial charge < -0.3 is 14.2 Å². The first-order chi connectivity index (χ1) is 40.1. The second kappa shape index (κ2) is 19.6. The standard InChI is InChI=1S/C78H69BN4O/c1-75(2,3)54-38-52(39-55(44-54)76(4,5)6)50-34-36-64-68(42-50)83(71-58(48-24-15-13-16-25-48)30-23-31-59(71)49-26-17-14-18-27-49)73-62(46-80)72(82-66-32-21-19-28-60(66)61-29-20-22-33-67(61)82)63(47-81)74-70(73)79(64)65-37-35-51(43-69(65)84-74)53-40-56(77(7,8)9)45-57(41-53)78(10,11)12/h13-45H,1-12H3. The van der Waals surface area contributed by atoms with Crippen LogP contribution in [-0.4, -0.2) is 11.3 Å². The second-order valence-electron chi connectivity index (χ2n) is 27.2. The summed E-state index contributed by atoms with van der Waals surface area (Å²) in [5.41, 5.74) is 21.2. The average molecular weight is 1090 g/mol. The summed E-state index contributed by atoms with van der Waals surface area (Å²) in [6.45, 7) is 26.9. The van der Waals surface area contributed by atoms with Crippen molar-refractivity contribution in [3.05, 3.63) is 234 Å². The number of anilines is 3. The van der Waals surface area contributed by atoms with E-state index in [1.54, 1.807) is 0 Å². The van der Waals surface area contributed by atoms with E-state index in [-0.39, 0.29) is 21.7 Å². The molecule has 5 nitrogen and oxygen atoms in total. The number of nitriles is 2. The van der Waals surface area contributed by atoms with E-state index < -0.39 is 6.71 Å². The maximum absolute atomic E-state index is 12.5. The molecule has 84 heavy (non-hydrogen) atoms. The minimum absolute atomic E-state index is 0.0994. The zero-order valence-corrected chi connectivity index (χ0v) is 50.3. The number of ether oxygens (including phenoxy) is 1. The highest BCUT2D eigenvalue weighted by molar-refractivity contribution is 6.99. The average Bonchev–Trinajstić information content (AvgIpc) is 0.885. The van der Waals surface area contributed by atoms with E-state index in [9.17, 15) is 10.5 Å². The van der Waals surface area contributed by atoms with E-state index in [0.29, 0.717) is 34.0 Å². The highest BCUT2D eigenvalue weighted by atomic mass is 16.5. The van der Waals surface area contributed by atoms with Gasteiger partial charge in [-0.2, -0.15) is 10.5 Å². The SMILES string of the molecule is CC(C)(C)c1cc(-c2ccc3c(c2)Oc2c(C#N)c(-n4c5ccccc5c5ccccc54)c(C#N)c4c2B3c2ccc(-c3cc(C(C)(C)C)cc(C(C)(C)C)c3)cc2N4c2c(-c3ccccc3)cccc2-c2ccccc2)cc(C(C)(C)C)c1. The Hall–Kier alpha value is -9.36. The van der Waals surface area contributed by atoms with E-state index in [1.165, 1.54) is 22.3 Å². The van der Waals surface area contributed by atoms with Crippen LogP contribution in [0.4, 0.5) is 17.1 Å². The van der Waals surface area contributed by atoms with E-state index in [2.05, 4.69) is 293 Å². The van der Waals surface area contributed by atoms with Crippen molar-refractivity contribution < 1.29 is 4.74 Å². The molecule has 1 aromatic heterocycles. The van der Waals surface area contributed by atoms with Crippen LogP contribution in [-0.2, 0) is 21.7 Å². The first-order valence-electron chi connectivity index (χ1n) is 29.5. The predicted molar refractivity (Wildman–Crippen MR) is 353 cm³/mol. The lowest BCUT2D eigenvalue weighted by atomic mass is 9.33. The van der Waals surface area contributed by atoms with Gasteiger partial charge in [-0.05, 0) is 118 Å². The summed E-state index contributed by atoms with van der Waals surface area (Å²) >= 11 is 0. The highest BCUT2D eigenvalue weighted by Gasteiger charge is 2.47. The molecular formula is C78H69BN4O. The predicted octanol–water partition coefficient (Wildman–Crippen LogP) is 18.8. The molecule has 0 spiro atoms. The van der Waals surface area contributed by atoms with E-state index in [0.717, 1.165) is 94.1 Å². The summed E-state index contributed by atoms with van der Waals surface area (Å²) in [5, 5.41) is 26.7. The number of fused-ring (bicyclic) bond motifs is 7. The Morgan fingerprint density at radius 1 is 0.381 bits per heavy atom. The summed E-state index contributed by atoms with van der Waals surface area (Å²) in [7, 11) is 0. The van der Waals surface area contributed by atoms with Gasteiger partial charge in [-0.25, -0.2) is 0 Å². The fraction of sp³-hybridized carbons (Fsp3) is 0.205. The van der Waals surface area contributed by atoms with Crippen LogP contribution >= 0.6 is 0 Å². The Morgan fingerprint density at radius 3 is 1.29 bits per heavy atom. The number of hydrogen-bond donors (Lipinski definition) is 0. The fourth-order valence-corrected chi connectivity index (χ4v) is 12.9. The number of para-hydroxylation sites is 3. The van der Waals surface area contributed by atoms with Gasteiger partial charge in [0.15, 0.2) is 0 Å². The van der Waals surface area contributed by atoms with Gasteiger partial charge in [-0.1, -0.05) is 259 Å². The highest BCUT2D eigenvalue weighted by Crippen LogP contribution is 2.53. The van der Waals surface area contributed by atoms with Crippen LogP contribution in [0.5, 0.6) is 11.5 Å². The summed E-state index contributed by atoms with van der Waals surface area (Å²) < 4.78 is 9.75. The molecule has 3 heterocycles. The molecule has 0 aliphatic carbocycles. The normalized spacial score (nSPS) is 13.0. The molecule has 0 radical (unpaired) electrons. The third kappa shape index (κ3) is 8.90. The van der Waals surface area contributed by atoms with Crippen molar-refractivity contribution in [2.45, 2.75) is 105 Å². The Morgan fingerprint density at radius 2 is 0.821 bits per heavy atom. The Labute approximate surface area is 496 Å². The van der Waals surface area contributed by atoms with Gasteiger partial charge in [0.05, 0.1) is 28.1 Å². The summed E-state index contributed by atoms with van der Waals surface area (Å²) in [6.07, 6.45) is 0. The van der Waals surface area contributed by atoms with Crippen molar-refractivity contribution in [3.63, 3.8) is 0 Å². The molecule has 0 atom stereocenters. The van der Waals surface area contributed by atoms with Crippen molar-refractivity contribution in [2.75, 3.05) is 4.90 Å². The van der Waals surface area contributed by atoms with Crippen LogP contribution < -0.4 is 26.0 Å². The molecule has 6 heteroatoms. The minimum Gasteiger partial charge on any atom is -0.457 e. The van der Waals surface area contributed by atoms with Crippen LogP contribution in [0, 0.1) is 22.7 Å². The lowest BCUT2D eigenvalue weighted by Crippen LogP contribution is -2.60. The van der Waals surface area contributed by atoms with Gasteiger partial charge in [0, 0.05) is 27.6 Å². The molecule has 410 valence electrons. The molecule has 10 aromatic carbocycles. The van der Waals surface area contributed by atoms with Crippen LogP contribution in [0.25, 0.3) is 72.0 Å². The smallest absolute Gasteiger partial charge is 0.256 e. The van der Waals surface area contributed by atoms with Gasteiger partial charge >= 0.3 is 0 Å². The zero-order chi connectivity index (χ0) is 58.8. The van der Waals surface area contributed by atoms with Crippen molar-refractivity contribution in [3.8, 4) is 73.8 Å². The monoisotopic (exact) mass is 1090 g/mol. The lowest BCUT2D eigenvalue weighted by molar-refractivity contribution is 0.486. The molecule has 0 N–H and O–H groups in total. The maximum atomic E-state index is 12.5. The Kier molecular flexibility index (Phi) is 12.6. The van der Waals surface area contributed by atoms with Crippen molar-refractivity contribution in [2.24, 2.45) is 0 Å². The third-order valence-corrected chi connectivity index (χ3v) is 17.5. The lowest BCUT2D eigenvalue weighted by Gasteiger charge is -2.43. The first kappa shape index (κ1) is 53.9. The second-order valence-corrected chi connectivity index (χ2v) is 27.2. The Balaban J connectivity index is 1.21. The van der Waals surface area contributed by atoms with Gasteiger partial charge in [0.25, 0.3) is 6.71 Å². The van der Waals surface area contributed by atoms with E-state index in [1.807, 2.05) is 12.1 Å². The van der Waals surface area contributed by atoms with Crippen molar-refractivity contribution in [1.82, 2.24) is 4.57 Å². The van der Waals surface area contributed by atoms with Crippen LogP contribution in [0.1, 0.15) is 116 Å². The largest absolute Gasteiger partial charge is 0.457 e. The summed E-state index contributed by atoms with van der Waals surface area (Å²) in [5.74, 6) is 1.12. The van der Waals surface area contributed by atoms with E-state index >= 15 is 0 Å². The topological polar surface area (TPSA) is 65.0 Å². The summed E-state index contributed by atoms with van der Waals surface area (Å²) in [6, 6.07) is 77.8. The van der Waals surface area contributed by atoms with Gasteiger partial charge in [0.1, 0.15) is 34.8 Å². The fourth-order valence-electron chi connectivity index (χ4n) is 12.9. The van der Waals surface area contributed by atoms with Gasteiger partial charge in [-0.15, -0.1) is 0 Å². The molecule has 0 unspecified atom stereocenters.